The van der Waals surface area contributed by atoms with Crippen LogP contribution < -0.4 is 9.64 Å². The number of rotatable bonds is 6. The zero-order valence-corrected chi connectivity index (χ0v) is 30.9. The second-order valence-electron chi connectivity index (χ2n) is 14.4. The summed E-state index contributed by atoms with van der Waals surface area (Å²) in [6.45, 7) is 25.6. The molecule has 236 valence electrons. The maximum absolute atomic E-state index is 5.82. The number of hydrogen-bond acceptors (Lipinski definition) is 2. The molecule has 1 aliphatic heterocycles. The van der Waals surface area contributed by atoms with Crippen LogP contribution in [0.15, 0.2) is 66.7 Å². The van der Waals surface area contributed by atoms with Gasteiger partial charge in [-0.1, -0.05) is 96.0 Å². The summed E-state index contributed by atoms with van der Waals surface area (Å²) in [6.07, 6.45) is 2.53. The SMILES string of the molecule is CC(C)Oc1ccccc1[CH]=[Ru]([Cl])[Cl].CC(C)c1cccc(C(C)C)c1N1[CH-][C@]2(CC(C)(C)c3ccccc32)CC1(C)C. The normalized spacial score (nSPS) is 20.3. The van der Waals surface area contributed by atoms with Crippen molar-refractivity contribution in [1.29, 1.82) is 0 Å². The first-order valence-electron chi connectivity index (χ1n) is 15.5. The topological polar surface area (TPSA) is 12.5 Å². The van der Waals surface area contributed by atoms with Crippen LogP contribution in [0.25, 0.3) is 0 Å². The van der Waals surface area contributed by atoms with Crippen molar-refractivity contribution in [2.75, 3.05) is 4.90 Å². The van der Waals surface area contributed by atoms with Crippen molar-refractivity contribution in [2.24, 2.45) is 0 Å². The zero-order valence-electron chi connectivity index (χ0n) is 27.6. The van der Waals surface area contributed by atoms with E-state index in [-0.39, 0.29) is 22.5 Å². The van der Waals surface area contributed by atoms with Crippen LogP contribution in [-0.4, -0.2) is 16.3 Å². The van der Waals surface area contributed by atoms with Gasteiger partial charge in [-0.05, 0) is 54.2 Å². The van der Waals surface area contributed by atoms with Crippen molar-refractivity contribution in [3.63, 3.8) is 0 Å². The molecule has 0 aromatic heterocycles. The minimum absolute atomic E-state index is 0.0855. The number of para-hydroxylation sites is 2. The van der Waals surface area contributed by atoms with E-state index in [4.69, 9.17) is 24.1 Å². The molecule has 3 aromatic rings. The average Bonchev–Trinajstić information content (AvgIpc) is 3.31. The van der Waals surface area contributed by atoms with E-state index in [1.807, 2.05) is 42.7 Å². The van der Waals surface area contributed by atoms with Crippen molar-refractivity contribution >= 4 is 29.7 Å². The van der Waals surface area contributed by atoms with Gasteiger partial charge in [0.1, 0.15) is 0 Å². The summed E-state index contributed by atoms with van der Waals surface area (Å²) in [6, 6.07) is 23.9. The molecule has 2 aliphatic rings. The Balaban J connectivity index is 0.000000255. The molecule has 0 amide bonds. The molecule has 3 aromatic carbocycles. The molecular weight excluding hydrogens is 658 g/mol. The van der Waals surface area contributed by atoms with Gasteiger partial charge < -0.3 is 4.90 Å². The van der Waals surface area contributed by atoms with Gasteiger partial charge in [0.25, 0.3) is 0 Å². The Morgan fingerprint density at radius 2 is 1.33 bits per heavy atom. The first-order valence-corrected chi connectivity index (χ1v) is 21.0. The molecule has 0 unspecified atom stereocenters. The molecule has 5 rings (SSSR count). The monoisotopic (exact) mass is 708 g/mol. The maximum Gasteiger partial charge on any atom is 0.0145 e. The molecule has 1 saturated heterocycles. The summed E-state index contributed by atoms with van der Waals surface area (Å²) in [5.41, 5.74) is 8.92. The molecule has 0 saturated carbocycles. The molecule has 1 fully saturated rings. The first kappa shape index (κ1) is 34.2. The molecule has 1 aliphatic carbocycles. The molecule has 1 spiro atoms. The van der Waals surface area contributed by atoms with Crippen LogP contribution in [-0.2, 0) is 24.3 Å². The summed E-state index contributed by atoms with van der Waals surface area (Å²) < 4.78 is 7.51. The fourth-order valence-electron chi connectivity index (χ4n) is 7.25. The van der Waals surface area contributed by atoms with Crippen LogP contribution in [0.2, 0.25) is 0 Å². The Morgan fingerprint density at radius 3 is 1.88 bits per heavy atom. The minimum atomic E-state index is -1.77. The Kier molecular flexibility index (Phi) is 10.6. The second-order valence-corrected chi connectivity index (χ2v) is 20.1. The van der Waals surface area contributed by atoms with Crippen LogP contribution in [0.4, 0.5) is 5.69 Å². The van der Waals surface area contributed by atoms with Crippen LogP contribution in [0.1, 0.15) is 122 Å². The van der Waals surface area contributed by atoms with Gasteiger partial charge in [0.15, 0.2) is 0 Å². The summed E-state index contributed by atoms with van der Waals surface area (Å²) >= 11 is -1.77. The van der Waals surface area contributed by atoms with Crippen LogP contribution in [0, 0.1) is 6.54 Å². The number of nitrogens with zero attached hydrogens (tertiary/aromatic N) is 1. The fraction of sp³-hybridized carbons (Fsp3) is 0.474. The Labute approximate surface area is 274 Å². The average molecular weight is 709 g/mol. The molecule has 1 atom stereocenters. The molecule has 1 heterocycles. The smallest absolute Gasteiger partial charge is 0.0145 e. The van der Waals surface area contributed by atoms with Gasteiger partial charge in [0.05, 0.1) is 0 Å². The predicted octanol–water partition coefficient (Wildman–Crippen LogP) is 11.3. The first-order chi connectivity index (χ1) is 20.1. The number of benzene rings is 3. The summed E-state index contributed by atoms with van der Waals surface area (Å²) in [4.78, 5) is 2.66. The van der Waals surface area contributed by atoms with E-state index in [0.29, 0.717) is 11.8 Å². The standard InChI is InChI=1S/C28H38N.C10H12O.2ClH.Ru/c1-19(2)21-12-11-13-22(20(3)4)25(21)29-18-28(17-27(29,7)8)16-26(5,6)23-14-9-10-15-24(23)28;1-8(2)11-10-7-5-4-6-9(10)3;;;/h9-15,18-20H,16-17H2,1-8H3;3-8H,1-2H3;2*1H;/q-1;;;;+2/p-2/t28-;;;;/m0..../s1. The summed E-state index contributed by atoms with van der Waals surface area (Å²) in [5, 5.41) is 0. The maximum atomic E-state index is 5.82. The number of halogens is 2. The second kappa shape index (κ2) is 13.4. The van der Waals surface area contributed by atoms with Crippen molar-refractivity contribution in [1.82, 2.24) is 0 Å². The largest absolute Gasteiger partial charge is 0.517 e. The number of anilines is 1. The Bertz CT molecular complexity index is 1430. The molecule has 5 heteroatoms. The van der Waals surface area contributed by atoms with Gasteiger partial charge in [-0.2, -0.15) is 0 Å². The van der Waals surface area contributed by atoms with E-state index in [9.17, 15) is 0 Å². The molecule has 43 heavy (non-hydrogen) atoms. The zero-order chi connectivity index (χ0) is 31.7. The third-order valence-corrected chi connectivity index (χ3v) is 10.6. The van der Waals surface area contributed by atoms with E-state index >= 15 is 0 Å². The van der Waals surface area contributed by atoms with Crippen molar-refractivity contribution in [3.05, 3.63) is 101 Å². The van der Waals surface area contributed by atoms with Crippen LogP contribution in [0.3, 0.4) is 0 Å². The van der Waals surface area contributed by atoms with E-state index in [1.54, 1.807) is 5.56 Å². The van der Waals surface area contributed by atoms with Gasteiger partial charge in [-0.25, -0.2) is 6.54 Å². The van der Waals surface area contributed by atoms with Crippen molar-refractivity contribution < 1.29 is 18.3 Å². The fourth-order valence-corrected chi connectivity index (χ4v) is 9.06. The van der Waals surface area contributed by atoms with Gasteiger partial charge in [0.2, 0.25) is 0 Å². The van der Waals surface area contributed by atoms with Gasteiger partial charge in [-0.3, -0.25) is 0 Å². The molecule has 0 bridgehead atoms. The molecule has 0 radical (unpaired) electrons. The van der Waals surface area contributed by atoms with Crippen molar-refractivity contribution in [3.8, 4) is 5.75 Å². The number of fused-ring (bicyclic) bond motifs is 2. The van der Waals surface area contributed by atoms with Gasteiger partial charge in [0, 0.05) is 11.2 Å². The van der Waals surface area contributed by atoms with E-state index < -0.39 is 13.5 Å². The molecular formula is C38H50Cl2NORu-. The third kappa shape index (κ3) is 7.43. The molecule has 0 N–H and O–H groups in total. The third-order valence-electron chi connectivity index (χ3n) is 8.78. The predicted molar refractivity (Wildman–Crippen MR) is 185 cm³/mol. The van der Waals surface area contributed by atoms with E-state index in [2.05, 4.69) is 109 Å². The number of hydrogen-bond donors (Lipinski definition) is 0. The Hall–Kier alpha value is -1.67. The Morgan fingerprint density at radius 1 is 0.767 bits per heavy atom. The van der Waals surface area contributed by atoms with E-state index in [1.165, 1.54) is 35.2 Å². The summed E-state index contributed by atoms with van der Waals surface area (Å²) in [7, 11) is 11.6. The van der Waals surface area contributed by atoms with Crippen LogP contribution in [0.5, 0.6) is 5.75 Å². The van der Waals surface area contributed by atoms with Crippen LogP contribution >= 0.6 is 19.4 Å². The summed E-state index contributed by atoms with van der Waals surface area (Å²) in [5.74, 6) is 1.87. The number of ether oxygens (including phenoxy) is 1. The minimum Gasteiger partial charge on any atom is -0.517 e. The molecule has 2 nitrogen and oxygen atoms in total. The van der Waals surface area contributed by atoms with E-state index in [0.717, 1.165) is 11.3 Å². The van der Waals surface area contributed by atoms with Gasteiger partial charge >= 0.3 is 97.8 Å². The van der Waals surface area contributed by atoms with Crippen molar-refractivity contribution in [2.45, 2.75) is 116 Å². The van der Waals surface area contributed by atoms with Gasteiger partial charge in [-0.15, -0.1) is 5.41 Å². The quantitative estimate of drug-likeness (QED) is 0.187.